The molecule has 0 unspecified atom stereocenters. The van der Waals surface area contributed by atoms with Crippen LogP contribution in [0.25, 0.3) is 0 Å². The molecule has 0 fully saturated rings. The molecule has 0 bridgehead atoms. The Morgan fingerprint density at radius 3 is 2.53 bits per heavy atom. The predicted octanol–water partition coefficient (Wildman–Crippen LogP) is 2.18. The summed E-state index contributed by atoms with van der Waals surface area (Å²) in [5.41, 5.74) is 2.99. The van der Waals surface area contributed by atoms with Gasteiger partial charge in [0.25, 0.3) is 0 Å². The van der Waals surface area contributed by atoms with Crippen LogP contribution in [0.4, 0.5) is 11.5 Å². The first-order chi connectivity index (χ1) is 7.15. The summed E-state index contributed by atoms with van der Waals surface area (Å²) < 4.78 is 1.81. The number of hydrogen-bond donors (Lipinski definition) is 1. The van der Waals surface area contributed by atoms with Crippen LogP contribution in [-0.4, -0.2) is 14.8 Å². The van der Waals surface area contributed by atoms with Gasteiger partial charge in [0.15, 0.2) is 0 Å². The Morgan fingerprint density at radius 1 is 1.20 bits per heavy atom. The Bertz CT molecular complexity index is 456. The highest BCUT2D eigenvalue weighted by atomic mass is 15.3. The van der Waals surface area contributed by atoms with Gasteiger partial charge >= 0.3 is 0 Å². The number of hydrogen-bond acceptors (Lipinski definition) is 3. The van der Waals surface area contributed by atoms with E-state index in [2.05, 4.69) is 15.4 Å². The molecule has 2 heterocycles. The normalized spacial score (nSPS) is 10.3. The van der Waals surface area contributed by atoms with Crippen molar-refractivity contribution in [2.75, 3.05) is 5.32 Å². The van der Waals surface area contributed by atoms with Crippen LogP contribution in [0.5, 0.6) is 0 Å². The van der Waals surface area contributed by atoms with Gasteiger partial charge in [-0.1, -0.05) is 0 Å². The maximum Gasteiger partial charge on any atom is 0.128 e. The van der Waals surface area contributed by atoms with E-state index >= 15 is 0 Å². The van der Waals surface area contributed by atoms with Crippen LogP contribution < -0.4 is 5.32 Å². The molecule has 4 nitrogen and oxygen atoms in total. The average Bonchev–Trinajstić information content (AvgIpc) is 2.49. The fourth-order valence-corrected chi connectivity index (χ4v) is 1.42. The van der Waals surface area contributed by atoms with Gasteiger partial charge < -0.3 is 5.32 Å². The van der Waals surface area contributed by atoms with E-state index in [9.17, 15) is 0 Å². The number of aryl methyl sites for hydroxylation is 3. The zero-order chi connectivity index (χ0) is 10.8. The second kappa shape index (κ2) is 3.73. The van der Waals surface area contributed by atoms with E-state index in [1.165, 1.54) is 0 Å². The monoisotopic (exact) mass is 202 g/mol. The molecule has 0 atom stereocenters. The molecule has 78 valence electrons. The summed E-state index contributed by atoms with van der Waals surface area (Å²) in [6.07, 6.45) is 1.82. The van der Waals surface area contributed by atoms with Gasteiger partial charge in [-0.3, -0.25) is 9.67 Å². The molecule has 4 heteroatoms. The Balaban J connectivity index is 2.21. The maximum absolute atomic E-state index is 4.26. The molecule has 0 aliphatic rings. The minimum atomic E-state index is 0.971. The number of anilines is 2. The standard InChI is InChI=1S/C11H14N4/c1-8-4-5-10(7-12-8)13-11-6-9(2)14-15(11)3/h4-7,13H,1-3H3. The fraction of sp³-hybridized carbons (Fsp3) is 0.273. The molecule has 0 aliphatic carbocycles. The van der Waals surface area contributed by atoms with Crippen LogP contribution in [0.3, 0.4) is 0 Å². The highest BCUT2D eigenvalue weighted by Gasteiger charge is 2.01. The molecular weight excluding hydrogens is 188 g/mol. The number of rotatable bonds is 2. The van der Waals surface area contributed by atoms with E-state index in [-0.39, 0.29) is 0 Å². The van der Waals surface area contributed by atoms with E-state index in [0.29, 0.717) is 0 Å². The Kier molecular flexibility index (Phi) is 2.41. The van der Waals surface area contributed by atoms with Crippen LogP contribution in [0, 0.1) is 13.8 Å². The van der Waals surface area contributed by atoms with Gasteiger partial charge in [-0.05, 0) is 26.0 Å². The molecule has 0 aromatic carbocycles. The summed E-state index contributed by atoms with van der Waals surface area (Å²) in [6.45, 7) is 3.94. The molecule has 0 aliphatic heterocycles. The minimum Gasteiger partial charge on any atom is -0.339 e. The quantitative estimate of drug-likeness (QED) is 0.811. The molecule has 0 amide bonds. The predicted molar refractivity (Wildman–Crippen MR) is 60.2 cm³/mol. The Morgan fingerprint density at radius 2 is 2.00 bits per heavy atom. The molecule has 2 aromatic rings. The molecular formula is C11H14N4. The van der Waals surface area contributed by atoms with Gasteiger partial charge in [-0.2, -0.15) is 5.10 Å². The van der Waals surface area contributed by atoms with Gasteiger partial charge in [0.2, 0.25) is 0 Å². The van der Waals surface area contributed by atoms with E-state index in [0.717, 1.165) is 22.9 Å². The number of pyridine rings is 1. The molecule has 2 aromatic heterocycles. The van der Waals surface area contributed by atoms with E-state index in [4.69, 9.17) is 0 Å². The van der Waals surface area contributed by atoms with E-state index in [1.54, 1.807) is 0 Å². The van der Waals surface area contributed by atoms with Crippen molar-refractivity contribution in [1.82, 2.24) is 14.8 Å². The number of aromatic nitrogens is 3. The molecule has 1 N–H and O–H groups in total. The molecule has 0 saturated carbocycles. The van der Waals surface area contributed by atoms with Gasteiger partial charge in [0.1, 0.15) is 5.82 Å². The number of nitrogens with zero attached hydrogens (tertiary/aromatic N) is 3. The van der Waals surface area contributed by atoms with Crippen LogP contribution >= 0.6 is 0 Å². The Labute approximate surface area is 89.0 Å². The third-order valence-corrected chi connectivity index (χ3v) is 2.19. The first-order valence-electron chi connectivity index (χ1n) is 4.85. The summed E-state index contributed by atoms with van der Waals surface area (Å²) in [5, 5.41) is 7.52. The summed E-state index contributed by atoms with van der Waals surface area (Å²) in [6, 6.07) is 5.98. The van der Waals surface area contributed by atoms with Gasteiger partial charge in [0, 0.05) is 18.8 Å². The number of nitrogens with one attached hydrogen (secondary N) is 1. The lowest BCUT2D eigenvalue weighted by Gasteiger charge is -2.05. The minimum absolute atomic E-state index is 0.971. The Hall–Kier alpha value is -1.84. The van der Waals surface area contributed by atoms with Crippen LogP contribution in [0.2, 0.25) is 0 Å². The van der Waals surface area contributed by atoms with Crippen molar-refractivity contribution in [2.24, 2.45) is 7.05 Å². The van der Waals surface area contributed by atoms with Gasteiger partial charge in [0.05, 0.1) is 17.6 Å². The molecule has 0 spiro atoms. The van der Waals surface area contributed by atoms with E-state index < -0.39 is 0 Å². The first kappa shape index (κ1) is 9.71. The van der Waals surface area contributed by atoms with Crippen molar-refractivity contribution in [3.63, 3.8) is 0 Å². The third-order valence-electron chi connectivity index (χ3n) is 2.19. The summed E-state index contributed by atoms with van der Waals surface area (Å²) in [4.78, 5) is 4.22. The van der Waals surface area contributed by atoms with Crippen LogP contribution in [0.15, 0.2) is 24.4 Å². The van der Waals surface area contributed by atoms with Crippen molar-refractivity contribution in [3.8, 4) is 0 Å². The smallest absolute Gasteiger partial charge is 0.128 e. The topological polar surface area (TPSA) is 42.7 Å². The van der Waals surface area contributed by atoms with Gasteiger partial charge in [-0.25, -0.2) is 0 Å². The van der Waals surface area contributed by atoms with Crippen molar-refractivity contribution >= 4 is 11.5 Å². The summed E-state index contributed by atoms with van der Waals surface area (Å²) in [7, 11) is 1.91. The van der Waals surface area contributed by atoms with Crippen LogP contribution in [-0.2, 0) is 7.05 Å². The summed E-state index contributed by atoms with van der Waals surface area (Å²) >= 11 is 0. The highest BCUT2D eigenvalue weighted by molar-refractivity contribution is 5.55. The molecule has 15 heavy (non-hydrogen) atoms. The zero-order valence-corrected chi connectivity index (χ0v) is 9.15. The zero-order valence-electron chi connectivity index (χ0n) is 9.15. The van der Waals surface area contributed by atoms with Crippen molar-refractivity contribution in [3.05, 3.63) is 35.8 Å². The lowest BCUT2D eigenvalue weighted by molar-refractivity contribution is 0.765. The average molecular weight is 202 g/mol. The molecule has 0 radical (unpaired) electrons. The molecule has 0 saturated heterocycles. The van der Waals surface area contributed by atoms with Crippen molar-refractivity contribution in [2.45, 2.75) is 13.8 Å². The SMILES string of the molecule is Cc1ccc(Nc2cc(C)nn2C)cn1. The molecule has 2 rings (SSSR count). The highest BCUT2D eigenvalue weighted by Crippen LogP contribution is 2.15. The van der Waals surface area contributed by atoms with Gasteiger partial charge in [-0.15, -0.1) is 0 Å². The third kappa shape index (κ3) is 2.15. The van der Waals surface area contributed by atoms with Crippen LogP contribution in [0.1, 0.15) is 11.4 Å². The lowest BCUT2D eigenvalue weighted by atomic mass is 10.3. The fourth-order valence-electron chi connectivity index (χ4n) is 1.42. The second-order valence-corrected chi connectivity index (χ2v) is 3.61. The van der Waals surface area contributed by atoms with E-state index in [1.807, 2.05) is 50.0 Å². The summed E-state index contributed by atoms with van der Waals surface area (Å²) in [5.74, 6) is 0.971. The first-order valence-corrected chi connectivity index (χ1v) is 4.85. The largest absolute Gasteiger partial charge is 0.339 e. The lowest BCUT2D eigenvalue weighted by Crippen LogP contribution is -1.99. The maximum atomic E-state index is 4.26. The van der Waals surface area contributed by atoms with Crippen molar-refractivity contribution < 1.29 is 0 Å². The second-order valence-electron chi connectivity index (χ2n) is 3.61. The van der Waals surface area contributed by atoms with Crippen molar-refractivity contribution in [1.29, 1.82) is 0 Å².